The maximum atomic E-state index is 12.1. The fraction of sp³-hybridized carbons (Fsp3) is 0.385. The van der Waals surface area contributed by atoms with Crippen molar-refractivity contribution in [2.75, 3.05) is 13.1 Å². The van der Waals surface area contributed by atoms with Crippen LogP contribution in [0.4, 0.5) is 0 Å². The van der Waals surface area contributed by atoms with Crippen molar-refractivity contribution in [3.05, 3.63) is 29.3 Å². The van der Waals surface area contributed by atoms with E-state index in [1.165, 1.54) is 19.1 Å². The van der Waals surface area contributed by atoms with Gasteiger partial charge >= 0.3 is 0 Å². The minimum absolute atomic E-state index is 0.0648. The highest BCUT2D eigenvalue weighted by molar-refractivity contribution is 6.01. The van der Waals surface area contributed by atoms with E-state index in [-0.39, 0.29) is 23.0 Å². The van der Waals surface area contributed by atoms with Crippen molar-refractivity contribution in [2.24, 2.45) is 0 Å². The maximum absolute atomic E-state index is 12.1. The Morgan fingerprint density at radius 1 is 1.24 bits per heavy atom. The van der Waals surface area contributed by atoms with Crippen LogP contribution in [0, 0.1) is 0 Å². The van der Waals surface area contributed by atoms with Crippen molar-refractivity contribution >= 4 is 11.7 Å². The van der Waals surface area contributed by atoms with Gasteiger partial charge in [0.1, 0.15) is 5.75 Å². The number of nitrogens with zero attached hydrogens (tertiary/aromatic N) is 1. The van der Waals surface area contributed by atoms with Gasteiger partial charge in [-0.1, -0.05) is 0 Å². The summed E-state index contributed by atoms with van der Waals surface area (Å²) in [7, 11) is 0. The molecule has 17 heavy (non-hydrogen) atoms. The molecule has 1 fully saturated rings. The summed E-state index contributed by atoms with van der Waals surface area (Å²) < 4.78 is 0. The average Bonchev–Trinajstić information content (AvgIpc) is 2.81. The van der Waals surface area contributed by atoms with Crippen LogP contribution in [0.2, 0.25) is 0 Å². The van der Waals surface area contributed by atoms with Gasteiger partial charge in [-0.05, 0) is 38.0 Å². The Labute approximate surface area is 99.9 Å². The molecule has 1 N–H and O–H groups in total. The van der Waals surface area contributed by atoms with Crippen molar-refractivity contribution in [2.45, 2.75) is 19.8 Å². The summed E-state index contributed by atoms with van der Waals surface area (Å²) in [6.07, 6.45) is 2.06. The van der Waals surface area contributed by atoms with E-state index in [2.05, 4.69) is 0 Å². The Morgan fingerprint density at radius 2 is 1.88 bits per heavy atom. The summed E-state index contributed by atoms with van der Waals surface area (Å²) in [5.41, 5.74) is 0.671. The Morgan fingerprint density at radius 3 is 2.47 bits per heavy atom. The Balaban J connectivity index is 2.29. The smallest absolute Gasteiger partial charge is 0.253 e. The highest BCUT2D eigenvalue weighted by Crippen LogP contribution is 2.21. The van der Waals surface area contributed by atoms with E-state index in [9.17, 15) is 14.7 Å². The van der Waals surface area contributed by atoms with Gasteiger partial charge in [-0.3, -0.25) is 9.59 Å². The molecule has 1 saturated heterocycles. The first-order chi connectivity index (χ1) is 8.09. The number of hydrogen-bond donors (Lipinski definition) is 1. The predicted molar refractivity (Wildman–Crippen MR) is 63.2 cm³/mol. The molecule has 4 heteroatoms. The number of rotatable bonds is 2. The third kappa shape index (κ3) is 2.30. The van der Waals surface area contributed by atoms with Crippen molar-refractivity contribution in [1.29, 1.82) is 0 Å². The molecule has 0 aliphatic carbocycles. The van der Waals surface area contributed by atoms with Gasteiger partial charge in [-0.2, -0.15) is 0 Å². The summed E-state index contributed by atoms with van der Waals surface area (Å²) >= 11 is 0. The SMILES string of the molecule is CC(=O)c1cc(C(=O)N2CCCC2)ccc1O. The van der Waals surface area contributed by atoms with Crippen LogP contribution in [0.3, 0.4) is 0 Å². The molecule has 2 rings (SSSR count). The highest BCUT2D eigenvalue weighted by atomic mass is 16.3. The van der Waals surface area contributed by atoms with Gasteiger partial charge < -0.3 is 10.0 Å². The summed E-state index contributed by atoms with van der Waals surface area (Å²) in [6.45, 7) is 2.92. The third-order valence-corrected chi connectivity index (χ3v) is 3.02. The van der Waals surface area contributed by atoms with Gasteiger partial charge in [0.2, 0.25) is 0 Å². The largest absolute Gasteiger partial charge is 0.507 e. The van der Waals surface area contributed by atoms with Crippen LogP contribution in [-0.2, 0) is 0 Å². The molecule has 0 aromatic heterocycles. The maximum Gasteiger partial charge on any atom is 0.253 e. The summed E-state index contributed by atoms with van der Waals surface area (Å²) in [6, 6.07) is 4.43. The lowest BCUT2D eigenvalue weighted by Crippen LogP contribution is -2.27. The van der Waals surface area contributed by atoms with E-state index in [0.717, 1.165) is 25.9 Å². The predicted octanol–water partition coefficient (Wildman–Crippen LogP) is 1.83. The number of likely N-dealkylation sites (tertiary alicyclic amines) is 1. The number of Topliss-reactive ketones (excluding diaryl/α,β-unsaturated/α-hetero) is 1. The van der Waals surface area contributed by atoms with Gasteiger partial charge in [0, 0.05) is 18.7 Å². The van der Waals surface area contributed by atoms with Gasteiger partial charge in [-0.25, -0.2) is 0 Å². The first-order valence-electron chi connectivity index (χ1n) is 5.73. The molecule has 90 valence electrons. The summed E-state index contributed by atoms with van der Waals surface area (Å²) in [5, 5.41) is 9.51. The van der Waals surface area contributed by atoms with E-state index in [4.69, 9.17) is 0 Å². The first kappa shape index (κ1) is 11.6. The number of hydrogen-bond acceptors (Lipinski definition) is 3. The Hall–Kier alpha value is -1.84. The third-order valence-electron chi connectivity index (χ3n) is 3.02. The normalized spacial score (nSPS) is 15.0. The number of phenols is 1. The molecule has 1 amide bonds. The molecule has 0 radical (unpaired) electrons. The number of amides is 1. The van der Waals surface area contributed by atoms with Crippen molar-refractivity contribution in [1.82, 2.24) is 4.90 Å². The van der Waals surface area contributed by atoms with Gasteiger partial charge in [0.15, 0.2) is 5.78 Å². The van der Waals surface area contributed by atoms with E-state index >= 15 is 0 Å². The molecule has 0 atom stereocenters. The second-order valence-electron chi connectivity index (χ2n) is 4.29. The fourth-order valence-electron chi connectivity index (χ4n) is 2.05. The van der Waals surface area contributed by atoms with E-state index < -0.39 is 0 Å². The lowest BCUT2D eigenvalue weighted by atomic mass is 10.1. The second-order valence-corrected chi connectivity index (χ2v) is 4.29. The summed E-state index contributed by atoms with van der Waals surface area (Å²) in [5.74, 6) is -0.376. The zero-order chi connectivity index (χ0) is 12.4. The molecule has 1 heterocycles. The molecule has 4 nitrogen and oxygen atoms in total. The molecule has 0 spiro atoms. The minimum atomic E-state index is -0.237. The quantitative estimate of drug-likeness (QED) is 0.793. The number of ketones is 1. The van der Waals surface area contributed by atoms with E-state index in [1.54, 1.807) is 11.0 Å². The monoisotopic (exact) mass is 233 g/mol. The molecule has 1 aromatic rings. The summed E-state index contributed by atoms with van der Waals surface area (Å²) in [4.78, 5) is 25.1. The van der Waals surface area contributed by atoms with Crippen LogP contribution in [0.15, 0.2) is 18.2 Å². The van der Waals surface area contributed by atoms with Gasteiger partial charge in [0.05, 0.1) is 5.56 Å². The van der Waals surface area contributed by atoms with E-state index in [1.807, 2.05) is 0 Å². The Kier molecular flexibility index (Phi) is 3.13. The first-order valence-corrected chi connectivity index (χ1v) is 5.73. The molecule has 1 aliphatic heterocycles. The van der Waals surface area contributed by atoms with Crippen molar-refractivity contribution in [3.63, 3.8) is 0 Å². The molecule has 0 saturated carbocycles. The zero-order valence-electron chi connectivity index (χ0n) is 9.77. The van der Waals surface area contributed by atoms with Crippen LogP contribution in [0.5, 0.6) is 5.75 Å². The van der Waals surface area contributed by atoms with Crippen molar-refractivity contribution < 1.29 is 14.7 Å². The highest BCUT2D eigenvalue weighted by Gasteiger charge is 2.20. The molecule has 1 aliphatic rings. The fourth-order valence-corrected chi connectivity index (χ4v) is 2.05. The van der Waals surface area contributed by atoms with Crippen LogP contribution in [0.1, 0.15) is 40.5 Å². The minimum Gasteiger partial charge on any atom is -0.507 e. The van der Waals surface area contributed by atoms with Crippen LogP contribution in [-0.4, -0.2) is 34.8 Å². The lowest BCUT2D eigenvalue weighted by molar-refractivity contribution is 0.0793. The number of aromatic hydroxyl groups is 1. The molecule has 0 bridgehead atoms. The molecular weight excluding hydrogens is 218 g/mol. The van der Waals surface area contributed by atoms with Crippen molar-refractivity contribution in [3.8, 4) is 5.75 Å². The number of carbonyl (C=O) groups is 2. The van der Waals surface area contributed by atoms with E-state index in [0.29, 0.717) is 5.56 Å². The second kappa shape index (κ2) is 4.57. The van der Waals surface area contributed by atoms with Crippen LogP contribution in [0.25, 0.3) is 0 Å². The number of phenolic OH excluding ortho intramolecular Hbond substituents is 1. The topological polar surface area (TPSA) is 57.6 Å². The lowest BCUT2D eigenvalue weighted by Gasteiger charge is -2.15. The molecular formula is C13H15NO3. The molecule has 0 unspecified atom stereocenters. The number of carbonyl (C=O) groups excluding carboxylic acids is 2. The van der Waals surface area contributed by atoms with Gasteiger partial charge in [-0.15, -0.1) is 0 Å². The average molecular weight is 233 g/mol. The standard InChI is InChI=1S/C13H15NO3/c1-9(15)11-8-10(4-5-12(11)16)13(17)14-6-2-3-7-14/h4-5,8,16H,2-3,6-7H2,1H3. The number of benzene rings is 1. The molecule has 1 aromatic carbocycles. The van der Waals surface area contributed by atoms with Gasteiger partial charge in [0.25, 0.3) is 5.91 Å². The Bertz CT molecular complexity index is 462. The van der Waals surface area contributed by atoms with Crippen LogP contribution >= 0.6 is 0 Å². The van der Waals surface area contributed by atoms with Crippen LogP contribution < -0.4 is 0 Å². The zero-order valence-corrected chi connectivity index (χ0v) is 9.77.